The lowest BCUT2D eigenvalue weighted by Crippen LogP contribution is -2.10. The summed E-state index contributed by atoms with van der Waals surface area (Å²) in [6, 6.07) is 9.42. The van der Waals surface area contributed by atoms with E-state index in [0.717, 1.165) is 11.4 Å². The van der Waals surface area contributed by atoms with Gasteiger partial charge in [-0.2, -0.15) is 0 Å². The molecule has 0 atom stereocenters. The largest absolute Gasteiger partial charge is 0.494 e. The van der Waals surface area contributed by atoms with Crippen molar-refractivity contribution in [3.63, 3.8) is 0 Å². The SMILES string of the molecule is CCOc1ccc(Nc2cc(NN)nc(SC)n2)cc1. The van der Waals surface area contributed by atoms with Gasteiger partial charge in [-0.25, -0.2) is 15.8 Å². The van der Waals surface area contributed by atoms with Crippen LogP contribution in [-0.2, 0) is 0 Å². The summed E-state index contributed by atoms with van der Waals surface area (Å²) in [5, 5.41) is 3.85. The van der Waals surface area contributed by atoms with Crippen molar-refractivity contribution < 1.29 is 4.74 Å². The van der Waals surface area contributed by atoms with E-state index in [1.54, 1.807) is 6.07 Å². The zero-order chi connectivity index (χ0) is 14.4. The molecule has 0 radical (unpaired) electrons. The average Bonchev–Trinajstić information content (AvgIpc) is 2.49. The van der Waals surface area contributed by atoms with Crippen molar-refractivity contribution in [2.24, 2.45) is 5.84 Å². The van der Waals surface area contributed by atoms with E-state index in [9.17, 15) is 0 Å². The molecule has 0 amide bonds. The summed E-state index contributed by atoms with van der Waals surface area (Å²) in [4.78, 5) is 8.57. The van der Waals surface area contributed by atoms with Crippen LogP contribution in [0, 0.1) is 0 Å². The number of nitrogens with zero attached hydrogens (tertiary/aromatic N) is 2. The van der Waals surface area contributed by atoms with Gasteiger partial charge in [-0.15, -0.1) is 0 Å². The number of ether oxygens (including phenoxy) is 1. The van der Waals surface area contributed by atoms with Gasteiger partial charge in [0.05, 0.1) is 6.61 Å². The number of nitrogen functional groups attached to an aromatic ring is 1. The quantitative estimate of drug-likeness (QED) is 0.326. The molecule has 0 saturated heterocycles. The molecule has 2 rings (SSSR count). The van der Waals surface area contributed by atoms with E-state index in [1.807, 2.05) is 37.4 Å². The van der Waals surface area contributed by atoms with Crippen molar-refractivity contribution in [3.8, 4) is 5.75 Å². The normalized spacial score (nSPS) is 10.2. The lowest BCUT2D eigenvalue weighted by atomic mass is 10.3. The molecule has 1 heterocycles. The summed E-state index contributed by atoms with van der Waals surface area (Å²) in [5.74, 6) is 7.49. The van der Waals surface area contributed by atoms with Crippen LogP contribution in [0.5, 0.6) is 5.75 Å². The topological polar surface area (TPSA) is 85.1 Å². The Bertz CT molecular complexity index is 539. The third-order valence-electron chi connectivity index (χ3n) is 2.47. The van der Waals surface area contributed by atoms with Gasteiger partial charge < -0.3 is 15.5 Å². The number of nitrogens with one attached hydrogen (secondary N) is 2. The van der Waals surface area contributed by atoms with Gasteiger partial charge in [-0.3, -0.25) is 0 Å². The molecule has 0 aliphatic heterocycles. The number of benzene rings is 1. The number of hydrazine groups is 1. The first kappa shape index (κ1) is 14.4. The van der Waals surface area contributed by atoms with Crippen molar-refractivity contribution in [3.05, 3.63) is 30.3 Å². The van der Waals surface area contributed by atoms with Gasteiger partial charge >= 0.3 is 0 Å². The molecule has 0 fully saturated rings. The molecule has 6 nitrogen and oxygen atoms in total. The minimum absolute atomic E-state index is 0.567. The molecular weight excluding hydrogens is 274 g/mol. The molecule has 0 aliphatic carbocycles. The van der Waals surface area contributed by atoms with E-state index >= 15 is 0 Å². The first-order chi connectivity index (χ1) is 9.75. The number of thioether (sulfide) groups is 1. The third kappa shape index (κ3) is 3.75. The number of hydrogen-bond donors (Lipinski definition) is 3. The van der Waals surface area contributed by atoms with Gasteiger partial charge in [0, 0.05) is 11.8 Å². The number of aromatic nitrogens is 2. The Balaban J connectivity index is 2.16. The second kappa shape index (κ2) is 6.97. The van der Waals surface area contributed by atoms with E-state index in [4.69, 9.17) is 10.6 Å². The van der Waals surface area contributed by atoms with Crippen LogP contribution in [0.3, 0.4) is 0 Å². The minimum Gasteiger partial charge on any atom is -0.494 e. The summed E-state index contributed by atoms with van der Waals surface area (Å²) in [5.41, 5.74) is 3.45. The minimum atomic E-state index is 0.567. The summed E-state index contributed by atoms with van der Waals surface area (Å²) in [6.07, 6.45) is 1.91. The molecule has 7 heteroatoms. The van der Waals surface area contributed by atoms with Crippen molar-refractivity contribution >= 4 is 29.1 Å². The van der Waals surface area contributed by atoms with Crippen LogP contribution in [-0.4, -0.2) is 22.8 Å². The highest BCUT2D eigenvalue weighted by Crippen LogP contribution is 2.22. The first-order valence-corrected chi connectivity index (χ1v) is 7.37. The standard InChI is InChI=1S/C13H17N5OS/c1-3-19-10-6-4-9(5-7-10)15-11-8-12(18-14)17-13(16-11)20-2/h4-8H,3,14H2,1-2H3,(H2,15,16,17,18). The summed E-state index contributed by atoms with van der Waals surface area (Å²) in [7, 11) is 0. The number of nitrogens with two attached hydrogens (primary N) is 1. The van der Waals surface area contributed by atoms with Crippen molar-refractivity contribution in [2.75, 3.05) is 23.6 Å². The van der Waals surface area contributed by atoms with E-state index in [-0.39, 0.29) is 0 Å². The molecular formula is C13H17N5OS. The predicted octanol–water partition coefficient (Wildman–Crippen LogP) is 2.63. The first-order valence-electron chi connectivity index (χ1n) is 6.14. The van der Waals surface area contributed by atoms with Crippen LogP contribution in [0.2, 0.25) is 0 Å². The molecule has 0 saturated carbocycles. The number of hydrogen-bond acceptors (Lipinski definition) is 7. The molecule has 0 aliphatic rings. The molecule has 2 aromatic rings. The molecule has 1 aromatic heterocycles. The Morgan fingerprint density at radius 2 is 1.90 bits per heavy atom. The Morgan fingerprint density at radius 1 is 1.20 bits per heavy atom. The van der Waals surface area contributed by atoms with Crippen LogP contribution < -0.4 is 21.3 Å². The molecule has 0 spiro atoms. The predicted molar refractivity (Wildman–Crippen MR) is 82.5 cm³/mol. The molecule has 4 N–H and O–H groups in total. The fourth-order valence-corrected chi connectivity index (χ4v) is 1.98. The zero-order valence-corrected chi connectivity index (χ0v) is 12.2. The molecule has 0 unspecified atom stereocenters. The Labute approximate surface area is 122 Å². The smallest absolute Gasteiger partial charge is 0.191 e. The highest BCUT2D eigenvalue weighted by atomic mass is 32.2. The highest BCUT2D eigenvalue weighted by molar-refractivity contribution is 7.98. The fraction of sp³-hybridized carbons (Fsp3) is 0.231. The highest BCUT2D eigenvalue weighted by Gasteiger charge is 2.04. The zero-order valence-electron chi connectivity index (χ0n) is 11.4. The van der Waals surface area contributed by atoms with Crippen molar-refractivity contribution in [1.82, 2.24) is 9.97 Å². The summed E-state index contributed by atoms with van der Waals surface area (Å²) in [6.45, 7) is 2.61. The van der Waals surface area contributed by atoms with Gasteiger partial charge in [0.2, 0.25) is 0 Å². The Morgan fingerprint density at radius 3 is 2.50 bits per heavy atom. The van der Waals surface area contributed by atoms with Crippen LogP contribution >= 0.6 is 11.8 Å². The third-order valence-corrected chi connectivity index (χ3v) is 3.02. The van der Waals surface area contributed by atoms with E-state index in [2.05, 4.69) is 20.7 Å². The van der Waals surface area contributed by atoms with Crippen LogP contribution in [0.4, 0.5) is 17.3 Å². The van der Waals surface area contributed by atoms with Crippen molar-refractivity contribution in [1.29, 1.82) is 0 Å². The lowest BCUT2D eigenvalue weighted by Gasteiger charge is -2.09. The summed E-state index contributed by atoms with van der Waals surface area (Å²) < 4.78 is 5.40. The van der Waals surface area contributed by atoms with Crippen molar-refractivity contribution in [2.45, 2.75) is 12.1 Å². The number of rotatable bonds is 6. The van der Waals surface area contributed by atoms with Gasteiger partial charge in [-0.05, 0) is 37.4 Å². The van der Waals surface area contributed by atoms with Crippen LogP contribution in [0.25, 0.3) is 0 Å². The average molecular weight is 291 g/mol. The molecule has 1 aromatic carbocycles. The maximum Gasteiger partial charge on any atom is 0.191 e. The molecule has 20 heavy (non-hydrogen) atoms. The van der Waals surface area contributed by atoms with Gasteiger partial charge in [0.15, 0.2) is 5.16 Å². The lowest BCUT2D eigenvalue weighted by molar-refractivity contribution is 0.340. The second-order valence-electron chi connectivity index (χ2n) is 3.85. The second-order valence-corrected chi connectivity index (χ2v) is 4.63. The van der Waals surface area contributed by atoms with E-state index in [1.165, 1.54) is 11.8 Å². The molecule has 106 valence electrons. The van der Waals surface area contributed by atoms with Gasteiger partial charge in [0.25, 0.3) is 0 Å². The molecule has 0 bridgehead atoms. The summed E-state index contributed by atoms with van der Waals surface area (Å²) >= 11 is 1.45. The Hall–Kier alpha value is -1.99. The van der Waals surface area contributed by atoms with Crippen LogP contribution in [0.1, 0.15) is 6.92 Å². The number of anilines is 3. The van der Waals surface area contributed by atoms with Gasteiger partial charge in [0.1, 0.15) is 17.4 Å². The fourth-order valence-electron chi connectivity index (χ4n) is 1.60. The van der Waals surface area contributed by atoms with Gasteiger partial charge in [-0.1, -0.05) is 11.8 Å². The van der Waals surface area contributed by atoms with E-state index < -0.39 is 0 Å². The van der Waals surface area contributed by atoms with E-state index in [0.29, 0.717) is 23.4 Å². The van der Waals surface area contributed by atoms with Crippen LogP contribution in [0.15, 0.2) is 35.5 Å². The maximum atomic E-state index is 5.40. The maximum absolute atomic E-state index is 5.40. The Kier molecular flexibility index (Phi) is 5.03. The monoisotopic (exact) mass is 291 g/mol.